The first kappa shape index (κ1) is 17.3. The number of carbonyl (C=O) groups excluding carboxylic acids is 2. The van der Waals surface area contributed by atoms with Crippen molar-refractivity contribution in [3.63, 3.8) is 0 Å². The average molecular weight is 403 g/mol. The molecule has 0 unspecified atom stereocenters. The summed E-state index contributed by atoms with van der Waals surface area (Å²) in [6.07, 6.45) is 6.75. The van der Waals surface area contributed by atoms with E-state index in [1.807, 2.05) is 0 Å². The minimum Gasteiger partial charge on any atom is -0.455 e. The number of non-ortho nitro benzene ring substituents is 1. The van der Waals surface area contributed by atoms with E-state index in [9.17, 15) is 19.7 Å². The third-order valence-corrected chi connectivity index (χ3v) is 6.93. The Balaban J connectivity index is 1.22. The zero-order valence-corrected chi connectivity index (χ0v) is 15.8. The number of furan rings is 1. The fraction of sp³-hybridized carbons (Fsp3) is 0.318. The zero-order valence-electron chi connectivity index (χ0n) is 15.8. The highest BCUT2D eigenvalue weighted by atomic mass is 16.6. The van der Waals surface area contributed by atoms with Crippen LogP contribution in [-0.2, 0) is 9.59 Å². The normalized spacial score (nSPS) is 33.3. The Hall–Kier alpha value is -3.55. The summed E-state index contributed by atoms with van der Waals surface area (Å²) in [5, 5.41) is 16.0. The van der Waals surface area contributed by atoms with Crippen molar-refractivity contribution in [1.29, 1.82) is 0 Å². The number of allylic oxidation sites excluding steroid dienone is 2. The van der Waals surface area contributed by atoms with Crippen LogP contribution in [0.3, 0.4) is 0 Å². The molecule has 2 heterocycles. The third-order valence-electron chi connectivity index (χ3n) is 6.93. The van der Waals surface area contributed by atoms with Crippen molar-refractivity contribution in [1.82, 2.24) is 5.01 Å². The van der Waals surface area contributed by atoms with E-state index in [-0.39, 0.29) is 41.2 Å². The topological polar surface area (TPSA) is 106 Å². The first-order valence-corrected chi connectivity index (χ1v) is 9.98. The Bertz CT molecular complexity index is 1110. The minimum absolute atomic E-state index is 0.000658. The lowest BCUT2D eigenvalue weighted by Gasteiger charge is -2.37. The highest BCUT2D eigenvalue weighted by Crippen LogP contribution is 2.65. The number of nitro groups is 1. The number of nitrogens with zero attached hydrogens (tertiary/aromatic N) is 3. The number of amides is 2. The summed E-state index contributed by atoms with van der Waals surface area (Å²) < 4.78 is 5.72. The molecule has 7 rings (SSSR count). The van der Waals surface area contributed by atoms with Crippen LogP contribution < -0.4 is 0 Å². The maximum absolute atomic E-state index is 12.9. The Morgan fingerprint density at radius 1 is 1.00 bits per heavy atom. The second-order valence-corrected chi connectivity index (χ2v) is 8.39. The molecule has 1 aliphatic heterocycles. The molecule has 1 aromatic carbocycles. The second kappa shape index (κ2) is 5.98. The molecule has 1 saturated heterocycles. The van der Waals surface area contributed by atoms with Gasteiger partial charge in [-0.3, -0.25) is 19.7 Å². The van der Waals surface area contributed by atoms with Crippen LogP contribution in [0.5, 0.6) is 0 Å². The van der Waals surface area contributed by atoms with Crippen LogP contribution in [0.4, 0.5) is 5.69 Å². The van der Waals surface area contributed by atoms with Crippen LogP contribution in [0.2, 0.25) is 0 Å². The van der Waals surface area contributed by atoms with Crippen molar-refractivity contribution in [2.75, 3.05) is 0 Å². The fourth-order valence-corrected chi connectivity index (χ4v) is 5.49. The van der Waals surface area contributed by atoms with E-state index in [1.165, 1.54) is 18.3 Å². The summed E-state index contributed by atoms with van der Waals surface area (Å²) in [6, 6.07) is 9.41. The Labute approximate surface area is 171 Å². The molecule has 4 aliphatic carbocycles. The summed E-state index contributed by atoms with van der Waals surface area (Å²) in [7, 11) is 0. The van der Waals surface area contributed by atoms with Crippen LogP contribution in [0.25, 0.3) is 11.3 Å². The Kier molecular flexibility index (Phi) is 3.45. The quantitative estimate of drug-likeness (QED) is 0.256. The molecule has 1 aromatic heterocycles. The van der Waals surface area contributed by atoms with Crippen LogP contribution in [0.15, 0.2) is 58.1 Å². The first-order chi connectivity index (χ1) is 14.5. The first-order valence-electron chi connectivity index (χ1n) is 9.98. The summed E-state index contributed by atoms with van der Waals surface area (Å²) in [4.78, 5) is 36.1. The van der Waals surface area contributed by atoms with Crippen LogP contribution in [0, 0.1) is 45.6 Å². The molecule has 5 aliphatic rings. The van der Waals surface area contributed by atoms with Gasteiger partial charge in [-0.05, 0) is 54.4 Å². The number of hydrogen-bond donors (Lipinski definition) is 0. The van der Waals surface area contributed by atoms with Gasteiger partial charge >= 0.3 is 0 Å². The van der Waals surface area contributed by atoms with Gasteiger partial charge in [0.2, 0.25) is 0 Å². The molecule has 3 fully saturated rings. The summed E-state index contributed by atoms with van der Waals surface area (Å²) in [5.74, 6) is 1.36. The number of carbonyl (C=O) groups is 2. The molecule has 2 aromatic rings. The van der Waals surface area contributed by atoms with Gasteiger partial charge in [0.15, 0.2) is 0 Å². The number of rotatable bonds is 4. The lowest BCUT2D eigenvalue weighted by atomic mass is 9.63. The van der Waals surface area contributed by atoms with Crippen molar-refractivity contribution >= 4 is 23.7 Å². The minimum atomic E-state index is -0.461. The number of benzene rings is 1. The van der Waals surface area contributed by atoms with E-state index in [0.717, 1.165) is 11.4 Å². The molecule has 0 spiro atoms. The van der Waals surface area contributed by atoms with E-state index < -0.39 is 4.92 Å². The van der Waals surface area contributed by atoms with E-state index in [0.29, 0.717) is 28.9 Å². The average Bonchev–Trinajstić information content (AvgIpc) is 3.39. The van der Waals surface area contributed by atoms with Gasteiger partial charge < -0.3 is 4.42 Å². The highest BCUT2D eigenvalue weighted by molar-refractivity contribution is 6.06. The summed E-state index contributed by atoms with van der Waals surface area (Å²) >= 11 is 0. The predicted octanol–water partition coefficient (Wildman–Crippen LogP) is 3.24. The molecule has 2 bridgehead atoms. The molecule has 0 radical (unpaired) electrons. The molecule has 2 saturated carbocycles. The van der Waals surface area contributed by atoms with E-state index in [4.69, 9.17) is 4.42 Å². The van der Waals surface area contributed by atoms with E-state index >= 15 is 0 Å². The summed E-state index contributed by atoms with van der Waals surface area (Å²) in [6.45, 7) is 0. The van der Waals surface area contributed by atoms with Gasteiger partial charge in [0.1, 0.15) is 11.5 Å². The molecule has 150 valence electrons. The second-order valence-electron chi connectivity index (χ2n) is 8.39. The maximum Gasteiger partial charge on any atom is 0.269 e. The Morgan fingerprint density at radius 3 is 2.23 bits per heavy atom. The largest absolute Gasteiger partial charge is 0.455 e. The van der Waals surface area contributed by atoms with Gasteiger partial charge in [-0.2, -0.15) is 10.1 Å². The number of hydrogen-bond acceptors (Lipinski definition) is 6. The lowest BCUT2D eigenvalue weighted by molar-refractivity contribution is -0.384. The van der Waals surface area contributed by atoms with Gasteiger partial charge in [0, 0.05) is 17.7 Å². The zero-order chi connectivity index (χ0) is 20.6. The van der Waals surface area contributed by atoms with Gasteiger partial charge in [-0.15, -0.1) is 0 Å². The molecule has 8 nitrogen and oxygen atoms in total. The van der Waals surface area contributed by atoms with Gasteiger partial charge in [-0.1, -0.05) is 12.2 Å². The van der Waals surface area contributed by atoms with Crippen LogP contribution in [-0.4, -0.2) is 28.0 Å². The van der Waals surface area contributed by atoms with E-state index in [1.54, 1.807) is 24.3 Å². The molecule has 2 amide bonds. The van der Waals surface area contributed by atoms with Crippen molar-refractivity contribution in [2.24, 2.45) is 40.6 Å². The summed E-state index contributed by atoms with van der Waals surface area (Å²) in [5.41, 5.74) is 0.683. The van der Waals surface area contributed by atoms with Crippen molar-refractivity contribution in [3.8, 4) is 11.3 Å². The maximum atomic E-state index is 12.9. The van der Waals surface area contributed by atoms with E-state index in [2.05, 4.69) is 17.3 Å². The fourth-order valence-electron chi connectivity index (χ4n) is 5.49. The third kappa shape index (κ3) is 2.36. The molecular formula is C22H17N3O5. The van der Waals surface area contributed by atoms with Crippen molar-refractivity contribution in [2.45, 2.75) is 6.42 Å². The standard InChI is InChI=1S/C22H17N3O5/c26-21-19-14-6-7-15(17-9-16(14)17)20(19)22(27)24(21)23-10-13-5-8-18(30-13)11-1-3-12(4-2-11)25(28)29/h1-8,10,14-17,19-20H,9H2/b23-10+/t14-,15-,16-,17-,19-,20+/m1/s1. The monoisotopic (exact) mass is 403 g/mol. The highest BCUT2D eigenvalue weighted by Gasteiger charge is 2.67. The van der Waals surface area contributed by atoms with Gasteiger partial charge in [-0.25, -0.2) is 0 Å². The van der Waals surface area contributed by atoms with Gasteiger partial charge in [0.05, 0.1) is 23.0 Å². The lowest BCUT2D eigenvalue weighted by Crippen LogP contribution is -2.40. The van der Waals surface area contributed by atoms with Crippen molar-refractivity contribution in [3.05, 3.63) is 64.4 Å². The molecular weight excluding hydrogens is 386 g/mol. The number of nitro benzene ring substituents is 1. The number of hydrazone groups is 1. The van der Waals surface area contributed by atoms with Gasteiger partial charge in [0.25, 0.3) is 17.5 Å². The predicted molar refractivity (Wildman–Crippen MR) is 105 cm³/mol. The molecule has 6 atom stereocenters. The molecule has 8 heteroatoms. The van der Waals surface area contributed by atoms with Crippen LogP contribution >= 0.6 is 0 Å². The SMILES string of the molecule is O=C1[C@@H]2[C@@H]3C=C[C@H]([C@H]4C[C@H]34)[C@@H]2C(=O)N1/N=C/c1ccc(-c2ccc([N+](=O)[O-])cc2)o1. The van der Waals surface area contributed by atoms with Crippen LogP contribution in [0.1, 0.15) is 12.2 Å². The molecule has 0 N–H and O–H groups in total. The number of imide groups is 1. The van der Waals surface area contributed by atoms with Crippen molar-refractivity contribution < 1.29 is 18.9 Å². The smallest absolute Gasteiger partial charge is 0.269 e. The molecule has 30 heavy (non-hydrogen) atoms. The Morgan fingerprint density at radius 2 is 1.63 bits per heavy atom.